The summed E-state index contributed by atoms with van der Waals surface area (Å²) in [5.41, 5.74) is 13.6. The summed E-state index contributed by atoms with van der Waals surface area (Å²) in [5, 5.41) is 9.91. The van der Waals surface area contributed by atoms with Crippen LogP contribution in [0.4, 0.5) is 4.79 Å². The van der Waals surface area contributed by atoms with Crippen LogP contribution in [0.2, 0.25) is 10.0 Å². The zero-order chi connectivity index (χ0) is 31.9. The fourth-order valence-corrected chi connectivity index (χ4v) is 7.36. The number of nitrogens with zero attached hydrogens (tertiary/aromatic N) is 4. The molecule has 1 aromatic heterocycles. The number of nitrogens with two attached hydrogens (primary N) is 1. The highest BCUT2D eigenvalue weighted by molar-refractivity contribution is 7.99. The van der Waals surface area contributed by atoms with Gasteiger partial charge in [-0.2, -0.15) is 16.9 Å². The van der Waals surface area contributed by atoms with Crippen molar-refractivity contribution in [3.05, 3.63) is 110 Å². The number of halogens is 2. The number of rotatable bonds is 9. The molecule has 10 heteroatoms. The second-order valence-electron chi connectivity index (χ2n) is 11.7. The van der Waals surface area contributed by atoms with Gasteiger partial charge in [-0.05, 0) is 54.4 Å². The van der Waals surface area contributed by atoms with E-state index in [0.717, 1.165) is 83.1 Å². The summed E-state index contributed by atoms with van der Waals surface area (Å²) < 4.78 is 2.15. The van der Waals surface area contributed by atoms with Crippen LogP contribution < -0.4 is 11.1 Å². The van der Waals surface area contributed by atoms with E-state index in [9.17, 15) is 4.79 Å². The van der Waals surface area contributed by atoms with Gasteiger partial charge >= 0.3 is 6.03 Å². The fraction of sp³-hybridized carbons (Fsp3) is 0.333. The Hall–Kier alpha value is -3.45. The molecule has 0 spiro atoms. The summed E-state index contributed by atoms with van der Waals surface area (Å²) in [6, 6.07) is 21.5. The summed E-state index contributed by atoms with van der Waals surface area (Å²) in [7, 11) is 0. The maximum atomic E-state index is 12.1. The Morgan fingerprint density at radius 3 is 2.61 bits per heavy atom. The summed E-state index contributed by atoms with van der Waals surface area (Å²) in [5.74, 6) is 9.01. The normalized spacial score (nSPS) is 14.9. The SMILES string of the molecule is NC(=O)N1CCc2c(c(-c3ccc(Cl)c(C#Cc4cccc(CNCc5ccccc5Cl)c4)c3)nn2CCCN2CCSCC2)C1. The maximum Gasteiger partial charge on any atom is 0.315 e. The Morgan fingerprint density at radius 1 is 0.935 bits per heavy atom. The first-order valence-electron chi connectivity index (χ1n) is 15.7. The average Bonchev–Trinajstić information content (AvgIpc) is 3.43. The molecule has 3 N–H and O–H groups in total. The summed E-state index contributed by atoms with van der Waals surface area (Å²) in [6.45, 7) is 6.65. The number of thioether (sulfide) groups is 1. The third-order valence-electron chi connectivity index (χ3n) is 8.50. The number of aromatic nitrogens is 2. The molecule has 0 aliphatic carbocycles. The van der Waals surface area contributed by atoms with Gasteiger partial charge in [-0.25, -0.2) is 4.79 Å². The molecular weight excluding hydrogens is 635 g/mol. The molecule has 1 saturated heterocycles. The fourth-order valence-electron chi connectivity index (χ4n) is 6.01. The predicted octanol–water partition coefficient (Wildman–Crippen LogP) is 6.42. The highest BCUT2D eigenvalue weighted by Crippen LogP contribution is 2.32. The number of fused-ring (bicyclic) bond motifs is 1. The third kappa shape index (κ3) is 8.09. The quantitative estimate of drug-likeness (QED) is 0.201. The Labute approximate surface area is 285 Å². The van der Waals surface area contributed by atoms with E-state index >= 15 is 0 Å². The van der Waals surface area contributed by atoms with E-state index in [0.29, 0.717) is 31.2 Å². The van der Waals surface area contributed by atoms with Crippen molar-refractivity contribution >= 4 is 41.0 Å². The Morgan fingerprint density at radius 2 is 1.78 bits per heavy atom. The van der Waals surface area contributed by atoms with E-state index in [2.05, 4.69) is 38.9 Å². The smallest absolute Gasteiger partial charge is 0.315 e. The first kappa shape index (κ1) is 32.5. The first-order valence-corrected chi connectivity index (χ1v) is 17.6. The number of nitrogens with one attached hydrogen (secondary N) is 1. The molecule has 1 fully saturated rings. The number of benzene rings is 3. The number of aryl methyl sites for hydroxylation is 1. The molecule has 4 aromatic rings. The molecule has 3 aromatic carbocycles. The maximum absolute atomic E-state index is 12.1. The molecule has 0 radical (unpaired) electrons. The van der Waals surface area contributed by atoms with Crippen LogP contribution in [0.5, 0.6) is 0 Å². The summed E-state index contributed by atoms with van der Waals surface area (Å²) >= 11 is 15.0. The van der Waals surface area contributed by atoms with Gasteiger partial charge in [-0.1, -0.05) is 71.4 Å². The lowest BCUT2D eigenvalue weighted by Gasteiger charge is -2.27. The lowest BCUT2D eigenvalue weighted by Crippen LogP contribution is -2.39. The molecule has 3 heterocycles. The topological polar surface area (TPSA) is 79.4 Å². The largest absolute Gasteiger partial charge is 0.351 e. The van der Waals surface area contributed by atoms with E-state index < -0.39 is 6.03 Å². The van der Waals surface area contributed by atoms with Crippen molar-refractivity contribution in [3.63, 3.8) is 0 Å². The number of carbonyl (C=O) groups excluding carboxylic acids is 1. The van der Waals surface area contributed by atoms with E-state index in [1.165, 1.54) is 17.2 Å². The monoisotopic (exact) mass is 672 g/mol. The number of carbonyl (C=O) groups is 1. The van der Waals surface area contributed by atoms with E-state index in [1.54, 1.807) is 4.90 Å². The van der Waals surface area contributed by atoms with Gasteiger partial charge in [0, 0.05) is 90.2 Å². The van der Waals surface area contributed by atoms with Gasteiger partial charge in [-0.15, -0.1) is 0 Å². The number of urea groups is 1. The van der Waals surface area contributed by atoms with Crippen molar-refractivity contribution in [1.29, 1.82) is 0 Å². The molecule has 0 saturated carbocycles. The molecule has 46 heavy (non-hydrogen) atoms. The van der Waals surface area contributed by atoms with Crippen LogP contribution in [-0.4, -0.2) is 63.3 Å². The second kappa shape index (κ2) is 15.4. The van der Waals surface area contributed by atoms with Crippen LogP contribution >= 0.6 is 35.0 Å². The molecule has 2 aliphatic rings. The van der Waals surface area contributed by atoms with Gasteiger partial charge in [0.2, 0.25) is 0 Å². The Balaban J connectivity index is 1.20. The number of primary amides is 1. The van der Waals surface area contributed by atoms with E-state index in [1.807, 2.05) is 66.4 Å². The summed E-state index contributed by atoms with van der Waals surface area (Å²) in [4.78, 5) is 16.3. The van der Waals surface area contributed by atoms with Crippen molar-refractivity contribution in [3.8, 4) is 23.1 Å². The number of amides is 2. The van der Waals surface area contributed by atoms with Gasteiger partial charge < -0.3 is 20.9 Å². The molecular formula is C36H38Cl2N6OS. The van der Waals surface area contributed by atoms with Crippen LogP contribution in [0.15, 0.2) is 66.7 Å². The number of hydrogen-bond donors (Lipinski definition) is 2. The van der Waals surface area contributed by atoms with Crippen LogP contribution in [0, 0.1) is 11.8 Å². The van der Waals surface area contributed by atoms with Crippen molar-refractivity contribution in [1.82, 2.24) is 24.9 Å². The van der Waals surface area contributed by atoms with Crippen LogP contribution in [-0.2, 0) is 32.6 Å². The number of hydrogen-bond acceptors (Lipinski definition) is 5. The van der Waals surface area contributed by atoms with E-state index in [4.69, 9.17) is 34.0 Å². The molecule has 0 bridgehead atoms. The van der Waals surface area contributed by atoms with Crippen LogP contribution in [0.3, 0.4) is 0 Å². The minimum Gasteiger partial charge on any atom is -0.351 e. The van der Waals surface area contributed by atoms with Crippen molar-refractivity contribution in [2.75, 3.05) is 37.7 Å². The van der Waals surface area contributed by atoms with Gasteiger partial charge in [0.25, 0.3) is 0 Å². The van der Waals surface area contributed by atoms with E-state index in [-0.39, 0.29) is 0 Å². The zero-order valence-electron chi connectivity index (χ0n) is 25.8. The molecule has 2 aliphatic heterocycles. The highest BCUT2D eigenvalue weighted by atomic mass is 35.5. The zero-order valence-corrected chi connectivity index (χ0v) is 28.1. The van der Waals surface area contributed by atoms with Crippen LogP contribution in [0.25, 0.3) is 11.3 Å². The van der Waals surface area contributed by atoms with Crippen molar-refractivity contribution < 1.29 is 4.79 Å². The summed E-state index contributed by atoms with van der Waals surface area (Å²) in [6.07, 6.45) is 1.76. The average molecular weight is 674 g/mol. The standard InChI is InChI=1S/C36H38Cl2N6OS/c37-32-8-2-1-7-30(32)24-40-23-27-6-3-5-26(21-27)9-10-28-22-29(11-12-33(28)38)35-31-25-43(36(39)45)16-13-34(31)44(41-35)15-4-14-42-17-19-46-20-18-42/h1-3,5-8,11-12,21-22,40H,4,13-20,23-25H2,(H2,39,45). The molecule has 7 nitrogen and oxygen atoms in total. The minimum atomic E-state index is -0.406. The first-order chi connectivity index (χ1) is 22.4. The van der Waals surface area contributed by atoms with Crippen molar-refractivity contribution in [2.24, 2.45) is 5.73 Å². The molecule has 0 unspecified atom stereocenters. The predicted molar refractivity (Wildman–Crippen MR) is 189 cm³/mol. The van der Waals surface area contributed by atoms with Crippen molar-refractivity contribution in [2.45, 2.75) is 39.0 Å². The van der Waals surface area contributed by atoms with Gasteiger partial charge in [0.15, 0.2) is 0 Å². The van der Waals surface area contributed by atoms with Gasteiger partial charge in [-0.3, -0.25) is 4.68 Å². The lowest BCUT2D eigenvalue weighted by atomic mass is 9.99. The Kier molecular flexibility index (Phi) is 10.9. The molecule has 0 atom stereocenters. The van der Waals surface area contributed by atoms with Crippen LogP contribution in [0.1, 0.15) is 39.9 Å². The molecule has 238 valence electrons. The Bertz CT molecular complexity index is 1760. The lowest BCUT2D eigenvalue weighted by molar-refractivity contribution is 0.201. The highest BCUT2D eigenvalue weighted by Gasteiger charge is 2.27. The third-order valence-corrected chi connectivity index (χ3v) is 10.1. The van der Waals surface area contributed by atoms with Gasteiger partial charge in [0.05, 0.1) is 17.3 Å². The van der Waals surface area contributed by atoms with Gasteiger partial charge in [0.1, 0.15) is 0 Å². The second-order valence-corrected chi connectivity index (χ2v) is 13.7. The molecule has 6 rings (SSSR count). The molecule has 2 amide bonds. The minimum absolute atomic E-state index is 0.406.